The number of hydrogen-bond acceptors (Lipinski definition) is 5. The summed E-state index contributed by atoms with van der Waals surface area (Å²) in [6.07, 6.45) is 4.38. The highest BCUT2D eigenvalue weighted by molar-refractivity contribution is 6.23. The van der Waals surface area contributed by atoms with Gasteiger partial charge in [0.05, 0.1) is 35.4 Å². The van der Waals surface area contributed by atoms with Crippen molar-refractivity contribution in [2.45, 2.75) is 44.8 Å². The van der Waals surface area contributed by atoms with Crippen molar-refractivity contribution in [1.82, 2.24) is 9.80 Å². The zero-order valence-electron chi connectivity index (χ0n) is 19.9. The van der Waals surface area contributed by atoms with Crippen molar-refractivity contribution >= 4 is 23.4 Å². The number of nitrogens with zero attached hydrogens (tertiary/aromatic N) is 3. The first-order valence-electron chi connectivity index (χ1n) is 12.8. The second-order valence-electron chi connectivity index (χ2n) is 10.1. The first kappa shape index (κ1) is 22.3. The van der Waals surface area contributed by atoms with E-state index in [-0.39, 0.29) is 29.7 Å². The SMILES string of the molecule is O=C([C@@H]1CCCN(c2cccc3c2C(=O)N(C[C@H]2CCCO2)C3=O)C1)N1CCc2ccccc2C1. The molecule has 2 aromatic rings. The van der Waals surface area contributed by atoms with Gasteiger partial charge in [0.25, 0.3) is 11.8 Å². The molecule has 0 aliphatic carbocycles. The summed E-state index contributed by atoms with van der Waals surface area (Å²) in [7, 11) is 0. The Labute approximate surface area is 205 Å². The number of piperidine rings is 1. The van der Waals surface area contributed by atoms with Crippen LogP contribution in [0.3, 0.4) is 0 Å². The lowest BCUT2D eigenvalue weighted by Crippen LogP contribution is -2.46. The van der Waals surface area contributed by atoms with E-state index in [1.807, 2.05) is 23.1 Å². The van der Waals surface area contributed by atoms with Gasteiger partial charge >= 0.3 is 0 Å². The Balaban J connectivity index is 1.20. The molecule has 3 amide bonds. The zero-order valence-corrected chi connectivity index (χ0v) is 19.9. The van der Waals surface area contributed by atoms with Crippen molar-refractivity contribution in [3.8, 4) is 0 Å². The average Bonchev–Trinajstić information content (AvgIpc) is 3.51. The molecule has 2 aromatic carbocycles. The van der Waals surface area contributed by atoms with Crippen LogP contribution in [0, 0.1) is 5.92 Å². The van der Waals surface area contributed by atoms with Crippen molar-refractivity contribution in [2.75, 3.05) is 37.7 Å². The van der Waals surface area contributed by atoms with Gasteiger partial charge in [0.2, 0.25) is 5.91 Å². The number of carbonyl (C=O) groups excluding carboxylic acids is 3. The van der Waals surface area contributed by atoms with Crippen LogP contribution >= 0.6 is 0 Å². The molecule has 7 heteroatoms. The molecule has 6 rings (SSSR count). The first-order chi connectivity index (χ1) is 17.1. The van der Waals surface area contributed by atoms with Crippen LogP contribution in [-0.4, -0.2) is 66.4 Å². The minimum absolute atomic E-state index is 0.0766. The van der Waals surface area contributed by atoms with Gasteiger partial charge in [-0.15, -0.1) is 0 Å². The van der Waals surface area contributed by atoms with Gasteiger partial charge in [0.15, 0.2) is 0 Å². The highest BCUT2D eigenvalue weighted by Gasteiger charge is 2.41. The number of benzene rings is 2. The van der Waals surface area contributed by atoms with Crippen molar-refractivity contribution in [3.05, 3.63) is 64.7 Å². The van der Waals surface area contributed by atoms with Crippen LogP contribution in [0.2, 0.25) is 0 Å². The normalized spacial score (nSPS) is 24.1. The largest absolute Gasteiger partial charge is 0.376 e. The molecular formula is C28H31N3O4. The molecule has 2 atom stereocenters. The number of rotatable bonds is 4. The molecule has 4 aliphatic rings. The van der Waals surface area contributed by atoms with E-state index in [0.29, 0.717) is 37.4 Å². The van der Waals surface area contributed by atoms with E-state index in [0.717, 1.165) is 50.9 Å². The third kappa shape index (κ3) is 4.01. The molecule has 4 aliphatic heterocycles. The monoisotopic (exact) mass is 473 g/mol. The van der Waals surface area contributed by atoms with Crippen molar-refractivity contribution in [1.29, 1.82) is 0 Å². The predicted molar refractivity (Wildman–Crippen MR) is 131 cm³/mol. The van der Waals surface area contributed by atoms with Crippen LogP contribution in [0.15, 0.2) is 42.5 Å². The first-order valence-corrected chi connectivity index (χ1v) is 12.8. The summed E-state index contributed by atoms with van der Waals surface area (Å²) >= 11 is 0. The van der Waals surface area contributed by atoms with E-state index in [1.165, 1.54) is 16.0 Å². The molecule has 0 unspecified atom stereocenters. The fraction of sp³-hybridized carbons (Fsp3) is 0.464. The van der Waals surface area contributed by atoms with Crippen LogP contribution < -0.4 is 4.90 Å². The van der Waals surface area contributed by atoms with E-state index in [1.54, 1.807) is 6.07 Å². The Bertz CT molecular complexity index is 1170. The molecule has 0 aromatic heterocycles. The maximum Gasteiger partial charge on any atom is 0.263 e. The van der Waals surface area contributed by atoms with Gasteiger partial charge in [-0.2, -0.15) is 0 Å². The van der Waals surface area contributed by atoms with Gasteiger partial charge in [-0.3, -0.25) is 19.3 Å². The molecule has 182 valence electrons. The lowest BCUT2D eigenvalue weighted by molar-refractivity contribution is -0.136. The van der Waals surface area contributed by atoms with Crippen molar-refractivity contribution in [2.24, 2.45) is 5.92 Å². The number of carbonyl (C=O) groups is 3. The predicted octanol–water partition coefficient (Wildman–Crippen LogP) is 3.26. The van der Waals surface area contributed by atoms with Crippen LogP contribution in [-0.2, 0) is 22.5 Å². The van der Waals surface area contributed by atoms with Crippen LogP contribution in [0.25, 0.3) is 0 Å². The molecule has 0 bridgehead atoms. The Morgan fingerprint density at radius 1 is 0.943 bits per heavy atom. The van der Waals surface area contributed by atoms with E-state index in [2.05, 4.69) is 23.1 Å². The summed E-state index contributed by atoms with van der Waals surface area (Å²) in [6, 6.07) is 13.9. The summed E-state index contributed by atoms with van der Waals surface area (Å²) in [4.78, 5) is 45.4. The molecule has 0 radical (unpaired) electrons. The number of fused-ring (bicyclic) bond motifs is 2. The topological polar surface area (TPSA) is 70.2 Å². The molecule has 0 spiro atoms. The van der Waals surface area contributed by atoms with Gasteiger partial charge in [-0.05, 0) is 55.4 Å². The maximum atomic E-state index is 13.5. The van der Waals surface area contributed by atoms with Gasteiger partial charge in [-0.25, -0.2) is 0 Å². The van der Waals surface area contributed by atoms with Gasteiger partial charge < -0.3 is 14.5 Å². The third-order valence-electron chi connectivity index (χ3n) is 7.94. The number of hydrogen-bond donors (Lipinski definition) is 0. The second-order valence-corrected chi connectivity index (χ2v) is 10.1. The molecule has 0 saturated carbocycles. The lowest BCUT2D eigenvalue weighted by Gasteiger charge is -2.38. The highest BCUT2D eigenvalue weighted by atomic mass is 16.5. The number of amides is 3. The molecule has 2 fully saturated rings. The highest BCUT2D eigenvalue weighted by Crippen LogP contribution is 2.35. The van der Waals surface area contributed by atoms with E-state index in [4.69, 9.17) is 4.74 Å². The minimum atomic E-state index is -0.239. The van der Waals surface area contributed by atoms with Crippen LogP contribution in [0.1, 0.15) is 57.5 Å². The standard InChI is InChI=1S/C28H31N3O4/c32-26(30-14-12-19-6-1-2-7-20(19)16-30)21-8-4-13-29(17-21)24-11-3-10-23-25(24)28(34)31(27(23)33)18-22-9-5-15-35-22/h1-3,6-7,10-11,21-22H,4-5,8-9,12-18H2/t21-,22-/m1/s1. The van der Waals surface area contributed by atoms with E-state index in [9.17, 15) is 14.4 Å². The summed E-state index contributed by atoms with van der Waals surface area (Å²) in [5.41, 5.74) is 4.28. The summed E-state index contributed by atoms with van der Waals surface area (Å²) in [6.45, 7) is 3.75. The molecule has 0 N–H and O–H groups in total. The Hall–Kier alpha value is -3.19. The number of ether oxygens (including phenoxy) is 1. The maximum absolute atomic E-state index is 13.5. The molecule has 35 heavy (non-hydrogen) atoms. The van der Waals surface area contributed by atoms with Crippen molar-refractivity contribution < 1.29 is 19.1 Å². The molecule has 7 nitrogen and oxygen atoms in total. The molecule has 4 heterocycles. The van der Waals surface area contributed by atoms with E-state index < -0.39 is 0 Å². The smallest absolute Gasteiger partial charge is 0.263 e. The minimum Gasteiger partial charge on any atom is -0.376 e. The zero-order chi connectivity index (χ0) is 23.9. The Morgan fingerprint density at radius 2 is 1.80 bits per heavy atom. The summed E-state index contributed by atoms with van der Waals surface area (Å²) < 4.78 is 5.68. The van der Waals surface area contributed by atoms with Gasteiger partial charge in [0.1, 0.15) is 0 Å². The van der Waals surface area contributed by atoms with Crippen LogP contribution in [0.5, 0.6) is 0 Å². The van der Waals surface area contributed by atoms with Crippen LogP contribution in [0.4, 0.5) is 5.69 Å². The fourth-order valence-electron chi connectivity index (χ4n) is 6.08. The number of imide groups is 1. The molecule has 2 saturated heterocycles. The fourth-order valence-corrected chi connectivity index (χ4v) is 6.08. The lowest BCUT2D eigenvalue weighted by atomic mass is 9.93. The summed E-state index contributed by atoms with van der Waals surface area (Å²) in [5.74, 6) is -0.393. The number of anilines is 1. The van der Waals surface area contributed by atoms with E-state index >= 15 is 0 Å². The summed E-state index contributed by atoms with van der Waals surface area (Å²) in [5, 5.41) is 0. The average molecular weight is 474 g/mol. The third-order valence-corrected chi connectivity index (χ3v) is 7.94. The van der Waals surface area contributed by atoms with Crippen molar-refractivity contribution in [3.63, 3.8) is 0 Å². The second kappa shape index (κ2) is 9.11. The molecular weight excluding hydrogens is 442 g/mol. The Kier molecular flexibility index (Phi) is 5.80. The Morgan fingerprint density at radius 3 is 2.63 bits per heavy atom. The van der Waals surface area contributed by atoms with Gasteiger partial charge in [-0.1, -0.05) is 30.3 Å². The van der Waals surface area contributed by atoms with Gasteiger partial charge in [0, 0.05) is 32.8 Å². The quantitative estimate of drug-likeness (QED) is 0.638.